The summed E-state index contributed by atoms with van der Waals surface area (Å²) in [6.45, 7) is 2.05. The van der Waals surface area contributed by atoms with Crippen LogP contribution in [0.25, 0.3) is 11.3 Å². The molecule has 0 aliphatic carbocycles. The van der Waals surface area contributed by atoms with Gasteiger partial charge in [-0.25, -0.2) is 9.97 Å². The number of rotatable bonds is 3. The van der Waals surface area contributed by atoms with Crippen LogP contribution in [0.4, 0.5) is 5.82 Å². The Kier molecular flexibility index (Phi) is 4.59. The molecule has 4 nitrogen and oxygen atoms in total. The molecule has 0 aliphatic rings. The smallest absolute Gasteiger partial charge is 0.183 e. The molecular weight excluding hydrogens is 364 g/mol. The van der Waals surface area contributed by atoms with Crippen molar-refractivity contribution >= 4 is 21.7 Å². The van der Waals surface area contributed by atoms with E-state index in [-0.39, 0.29) is 17.4 Å². The largest absolute Gasteiger partial charge is 0.381 e. The van der Waals surface area contributed by atoms with Crippen LogP contribution in [0.2, 0.25) is 0 Å². The highest BCUT2D eigenvalue weighted by Crippen LogP contribution is 2.32. The summed E-state index contributed by atoms with van der Waals surface area (Å²) in [5, 5.41) is 9.25. The lowest BCUT2D eigenvalue weighted by Crippen LogP contribution is -2.09. The molecule has 0 radical (unpaired) electrons. The van der Waals surface area contributed by atoms with E-state index in [0.717, 1.165) is 21.3 Å². The first kappa shape index (κ1) is 16.2. The van der Waals surface area contributed by atoms with E-state index in [1.54, 1.807) is 0 Å². The minimum Gasteiger partial charge on any atom is -0.381 e. The number of halogens is 1. The highest BCUT2D eigenvalue weighted by molar-refractivity contribution is 9.10. The van der Waals surface area contributed by atoms with Gasteiger partial charge in [0.25, 0.3) is 0 Å². The van der Waals surface area contributed by atoms with Crippen molar-refractivity contribution in [1.29, 1.82) is 5.26 Å². The summed E-state index contributed by atoms with van der Waals surface area (Å²) in [5.41, 5.74) is 9.54. The third-order valence-electron chi connectivity index (χ3n) is 3.88. The molecule has 1 aromatic heterocycles. The molecule has 2 N–H and O–H groups in total. The maximum absolute atomic E-state index is 9.25. The molecule has 0 bridgehead atoms. The molecule has 3 rings (SSSR count). The molecule has 0 aliphatic heterocycles. The highest BCUT2D eigenvalue weighted by atomic mass is 79.9. The molecule has 1 heterocycles. The summed E-state index contributed by atoms with van der Waals surface area (Å²) in [5.74, 6) is 0.136. The minimum atomic E-state index is -0.0199. The van der Waals surface area contributed by atoms with Crippen LogP contribution in [-0.2, 0) is 0 Å². The van der Waals surface area contributed by atoms with Crippen LogP contribution >= 0.6 is 15.9 Å². The molecule has 0 amide bonds. The Labute approximate surface area is 149 Å². The summed E-state index contributed by atoms with van der Waals surface area (Å²) >= 11 is 3.45. The van der Waals surface area contributed by atoms with Crippen LogP contribution in [-0.4, -0.2) is 9.97 Å². The lowest BCUT2D eigenvalue weighted by atomic mass is 9.94. The zero-order valence-corrected chi connectivity index (χ0v) is 14.7. The fourth-order valence-corrected chi connectivity index (χ4v) is 2.83. The van der Waals surface area contributed by atoms with Gasteiger partial charge in [-0.1, -0.05) is 65.3 Å². The number of benzene rings is 2. The van der Waals surface area contributed by atoms with Crippen LogP contribution in [0.5, 0.6) is 0 Å². The molecular formula is C19H15BrN4. The van der Waals surface area contributed by atoms with Crippen molar-refractivity contribution in [3.05, 3.63) is 76.0 Å². The van der Waals surface area contributed by atoms with E-state index in [1.807, 2.05) is 60.7 Å². The number of hydrogen-bond donors (Lipinski definition) is 1. The fourth-order valence-electron chi connectivity index (χ4n) is 2.56. The van der Waals surface area contributed by atoms with Crippen molar-refractivity contribution in [1.82, 2.24) is 9.97 Å². The van der Waals surface area contributed by atoms with Gasteiger partial charge in [-0.15, -0.1) is 0 Å². The Morgan fingerprint density at radius 2 is 1.71 bits per heavy atom. The first-order chi connectivity index (χ1) is 11.6. The predicted octanol–water partition coefficient (Wildman–Crippen LogP) is 4.51. The second-order valence-electron chi connectivity index (χ2n) is 5.44. The van der Waals surface area contributed by atoms with Crippen molar-refractivity contribution in [3.63, 3.8) is 0 Å². The molecule has 1 atom stereocenters. The molecule has 0 saturated heterocycles. The van der Waals surface area contributed by atoms with Crippen LogP contribution < -0.4 is 5.73 Å². The topological polar surface area (TPSA) is 75.6 Å². The summed E-state index contributed by atoms with van der Waals surface area (Å²) in [7, 11) is 0. The predicted molar refractivity (Wildman–Crippen MR) is 98.3 cm³/mol. The number of nitriles is 1. The van der Waals surface area contributed by atoms with E-state index in [4.69, 9.17) is 5.73 Å². The molecule has 0 fully saturated rings. The molecule has 0 saturated carbocycles. The van der Waals surface area contributed by atoms with Crippen molar-refractivity contribution in [2.45, 2.75) is 12.8 Å². The SMILES string of the molecule is CC(c1ccc(Br)cc1)c1nc(C#N)c(N)nc1-c1ccccc1. The van der Waals surface area contributed by atoms with Gasteiger partial charge in [0.1, 0.15) is 6.07 Å². The molecule has 0 spiro atoms. The maximum atomic E-state index is 9.25. The summed E-state index contributed by atoms with van der Waals surface area (Å²) in [6.07, 6.45) is 0. The van der Waals surface area contributed by atoms with E-state index in [1.165, 1.54) is 0 Å². The van der Waals surface area contributed by atoms with Crippen LogP contribution in [0.3, 0.4) is 0 Å². The van der Waals surface area contributed by atoms with Gasteiger partial charge >= 0.3 is 0 Å². The van der Waals surface area contributed by atoms with Gasteiger partial charge in [-0.05, 0) is 17.7 Å². The number of aromatic nitrogens is 2. The van der Waals surface area contributed by atoms with Gasteiger partial charge in [0.05, 0.1) is 11.4 Å². The Hall–Kier alpha value is -2.71. The van der Waals surface area contributed by atoms with Crippen molar-refractivity contribution in [2.75, 3.05) is 5.73 Å². The van der Waals surface area contributed by atoms with Gasteiger partial charge in [0, 0.05) is 16.0 Å². The summed E-state index contributed by atoms with van der Waals surface area (Å²) in [6, 6.07) is 19.8. The Morgan fingerprint density at radius 1 is 1.04 bits per heavy atom. The lowest BCUT2D eigenvalue weighted by Gasteiger charge is -2.16. The average molecular weight is 379 g/mol. The summed E-state index contributed by atoms with van der Waals surface area (Å²) in [4.78, 5) is 8.97. The quantitative estimate of drug-likeness (QED) is 0.727. The van der Waals surface area contributed by atoms with Gasteiger partial charge < -0.3 is 5.73 Å². The van der Waals surface area contributed by atoms with Gasteiger partial charge in [-0.3, -0.25) is 0 Å². The number of nitrogens with two attached hydrogens (primary N) is 1. The maximum Gasteiger partial charge on any atom is 0.183 e. The van der Waals surface area contributed by atoms with E-state index < -0.39 is 0 Å². The second kappa shape index (κ2) is 6.81. The normalized spacial score (nSPS) is 11.7. The average Bonchev–Trinajstić information content (AvgIpc) is 2.62. The first-order valence-electron chi connectivity index (χ1n) is 7.48. The molecule has 1 unspecified atom stereocenters. The van der Waals surface area contributed by atoms with Crippen molar-refractivity contribution in [3.8, 4) is 17.3 Å². The minimum absolute atomic E-state index is 0.0199. The number of anilines is 1. The molecule has 2 aromatic carbocycles. The number of nitrogen functional groups attached to an aromatic ring is 1. The van der Waals surface area contributed by atoms with Gasteiger partial charge in [-0.2, -0.15) is 5.26 Å². The zero-order valence-electron chi connectivity index (χ0n) is 13.1. The third kappa shape index (κ3) is 3.15. The summed E-state index contributed by atoms with van der Waals surface area (Å²) < 4.78 is 1.02. The van der Waals surface area contributed by atoms with E-state index in [2.05, 4.69) is 32.8 Å². The fraction of sp³-hybridized carbons (Fsp3) is 0.105. The standard InChI is InChI=1S/C19H15BrN4/c1-12(13-7-9-15(20)10-8-13)17-18(14-5-3-2-4-6-14)24-19(22)16(11-21)23-17/h2-10,12H,1H3,(H2,22,24). The van der Waals surface area contributed by atoms with Gasteiger partial charge in [0.15, 0.2) is 11.5 Å². The Bertz CT molecular complexity index is 899. The molecule has 5 heteroatoms. The third-order valence-corrected chi connectivity index (χ3v) is 4.41. The molecule has 3 aromatic rings. The van der Waals surface area contributed by atoms with E-state index in [0.29, 0.717) is 5.69 Å². The number of hydrogen-bond acceptors (Lipinski definition) is 4. The molecule has 24 heavy (non-hydrogen) atoms. The Balaban J connectivity index is 2.18. The number of nitrogens with zero attached hydrogens (tertiary/aromatic N) is 3. The monoisotopic (exact) mass is 378 g/mol. The van der Waals surface area contributed by atoms with Crippen LogP contribution in [0.1, 0.15) is 29.8 Å². The second-order valence-corrected chi connectivity index (χ2v) is 6.36. The Morgan fingerprint density at radius 3 is 2.33 bits per heavy atom. The van der Waals surface area contributed by atoms with E-state index in [9.17, 15) is 5.26 Å². The van der Waals surface area contributed by atoms with Crippen LogP contribution in [0.15, 0.2) is 59.1 Å². The molecule has 118 valence electrons. The van der Waals surface area contributed by atoms with Crippen molar-refractivity contribution in [2.24, 2.45) is 0 Å². The van der Waals surface area contributed by atoms with E-state index >= 15 is 0 Å². The van der Waals surface area contributed by atoms with Crippen molar-refractivity contribution < 1.29 is 0 Å². The first-order valence-corrected chi connectivity index (χ1v) is 8.28. The van der Waals surface area contributed by atoms with Gasteiger partial charge in [0.2, 0.25) is 0 Å². The van der Waals surface area contributed by atoms with Crippen LogP contribution in [0, 0.1) is 11.3 Å². The zero-order chi connectivity index (χ0) is 17.1. The lowest BCUT2D eigenvalue weighted by molar-refractivity contribution is 0.859. The highest BCUT2D eigenvalue weighted by Gasteiger charge is 2.20.